The zero-order valence-corrected chi connectivity index (χ0v) is 20.0. The van der Waals surface area contributed by atoms with E-state index in [-0.39, 0.29) is 46.2 Å². The van der Waals surface area contributed by atoms with E-state index in [1.54, 1.807) is 6.07 Å². The highest BCUT2D eigenvalue weighted by molar-refractivity contribution is 6.00. The normalized spacial score (nSPS) is 15.2. The molecule has 1 aliphatic rings. The largest absolute Gasteiger partial charge is 0.494 e. The molecule has 0 aliphatic heterocycles. The summed E-state index contributed by atoms with van der Waals surface area (Å²) >= 11 is 0. The molecule has 0 unspecified atom stereocenters. The molecule has 14 heteroatoms. The van der Waals surface area contributed by atoms with Gasteiger partial charge in [-0.05, 0) is 38.8 Å². The van der Waals surface area contributed by atoms with E-state index in [9.17, 15) is 22.8 Å². The van der Waals surface area contributed by atoms with Crippen molar-refractivity contribution in [2.45, 2.75) is 38.4 Å². The van der Waals surface area contributed by atoms with Gasteiger partial charge in [0.05, 0.1) is 24.0 Å². The van der Waals surface area contributed by atoms with E-state index in [1.807, 2.05) is 5.32 Å². The number of nitrogens with zero attached hydrogens (tertiary/aromatic N) is 5. The molecule has 4 rings (SSSR count). The molecular formula is C23H25F3N8O3. The first-order chi connectivity index (χ1) is 18.6. The molecule has 3 N–H and O–H groups in total. The summed E-state index contributed by atoms with van der Waals surface area (Å²) in [6.07, 6.45) is -2.17. The second kappa shape index (κ2) is 9.67. The van der Waals surface area contributed by atoms with Gasteiger partial charge in [-0.1, -0.05) is 6.07 Å². The molecule has 2 aromatic heterocycles. The molecule has 0 saturated heterocycles. The van der Waals surface area contributed by atoms with Crippen LogP contribution in [0.25, 0.3) is 11.4 Å². The van der Waals surface area contributed by atoms with Crippen molar-refractivity contribution in [1.29, 1.82) is 0 Å². The van der Waals surface area contributed by atoms with Crippen LogP contribution in [0.3, 0.4) is 0 Å². The molecule has 1 aliphatic carbocycles. The fourth-order valence-electron chi connectivity index (χ4n) is 3.31. The number of carbonyl (C=O) groups is 2. The average Bonchev–Trinajstić information content (AvgIpc) is 3.58. The van der Waals surface area contributed by atoms with Crippen LogP contribution >= 0.6 is 0 Å². The maximum atomic E-state index is 13.5. The zero-order valence-electron chi connectivity index (χ0n) is 23.0. The van der Waals surface area contributed by atoms with Crippen molar-refractivity contribution >= 4 is 29.0 Å². The highest BCUT2D eigenvalue weighted by Gasteiger charge is 2.50. The molecule has 1 saturated carbocycles. The van der Waals surface area contributed by atoms with E-state index < -0.39 is 30.3 Å². The molecule has 1 aromatic carbocycles. The van der Waals surface area contributed by atoms with Crippen LogP contribution in [0, 0.1) is 5.92 Å². The van der Waals surface area contributed by atoms with Gasteiger partial charge in [-0.2, -0.15) is 13.2 Å². The van der Waals surface area contributed by atoms with Gasteiger partial charge in [0, 0.05) is 23.1 Å². The van der Waals surface area contributed by atoms with Crippen LogP contribution in [0.15, 0.2) is 30.6 Å². The number of anilines is 3. The Morgan fingerprint density at radius 1 is 1.19 bits per heavy atom. The number of aromatic nitrogens is 5. The first-order valence-corrected chi connectivity index (χ1v) is 11.0. The Bertz CT molecular complexity index is 1440. The monoisotopic (exact) mass is 521 g/mol. The van der Waals surface area contributed by atoms with Crippen molar-refractivity contribution in [1.82, 2.24) is 30.3 Å². The lowest BCUT2D eigenvalue weighted by Crippen LogP contribution is -2.42. The summed E-state index contributed by atoms with van der Waals surface area (Å²) in [5.74, 6) is -1.45. The number of halogens is 3. The number of alkyl halides is 3. The van der Waals surface area contributed by atoms with E-state index in [4.69, 9.17) is 8.85 Å². The standard InChI is InChI=1S/C23H25F3N8O3/c1-22(2,23(24,25)26)34-11-28-19(33-34)13-6-5-7-14(18(13)37-4)29-15-10-16(30-20(35)12-8-9-12)31-32-17(15)21(36)27-3/h5-7,10-12H,8-9H2,1-4H3,(H,27,36)(H2,29,30,31,35)/i3D3. The molecule has 3 aromatic rings. The maximum Gasteiger partial charge on any atom is 0.413 e. The van der Waals surface area contributed by atoms with Crippen molar-refractivity contribution in [3.05, 3.63) is 36.3 Å². The minimum atomic E-state index is -4.60. The molecule has 0 radical (unpaired) electrons. The van der Waals surface area contributed by atoms with E-state index in [0.717, 1.165) is 33.0 Å². The van der Waals surface area contributed by atoms with Gasteiger partial charge in [0.1, 0.15) is 6.33 Å². The van der Waals surface area contributed by atoms with Gasteiger partial charge < -0.3 is 20.7 Å². The predicted molar refractivity (Wildman–Crippen MR) is 127 cm³/mol. The van der Waals surface area contributed by atoms with Crippen LogP contribution in [0.4, 0.5) is 30.4 Å². The van der Waals surface area contributed by atoms with Crippen molar-refractivity contribution in [2.75, 3.05) is 24.7 Å². The number of rotatable bonds is 8. The van der Waals surface area contributed by atoms with Gasteiger partial charge in [-0.3, -0.25) is 9.59 Å². The molecule has 0 spiro atoms. The zero-order chi connectivity index (χ0) is 29.5. The lowest BCUT2D eigenvalue weighted by atomic mass is 10.1. The van der Waals surface area contributed by atoms with E-state index in [0.29, 0.717) is 4.68 Å². The molecule has 37 heavy (non-hydrogen) atoms. The van der Waals surface area contributed by atoms with Crippen LogP contribution in [0.5, 0.6) is 5.75 Å². The third kappa shape index (κ3) is 5.17. The fraction of sp³-hybridized carbons (Fsp3) is 0.391. The van der Waals surface area contributed by atoms with Gasteiger partial charge in [0.15, 0.2) is 28.6 Å². The molecule has 196 valence electrons. The van der Waals surface area contributed by atoms with Crippen LogP contribution in [-0.2, 0) is 10.3 Å². The Balaban J connectivity index is 1.72. The number of carbonyl (C=O) groups excluding carboxylic acids is 2. The Kier molecular flexibility index (Phi) is 5.75. The third-order valence-electron chi connectivity index (χ3n) is 5.81. The van der Waals surface area contributed by atoms with Crippen molar-refractivity contribution in [3.8, 4) is 17.1 Å². The lowest BCUT2D eigenvalue weighted by molar-refractivity contribution is -0.205. The van der Waals surface area contributed by atoms with Gasteiger partial charge in [0.25, 0.3) is 5.91 Å². The minimum absolute atomic E-state index is 0.00902. The van der Waals surface area contributed by atoms with Crippen molar-refractivity contribution in [2.24, 2.45) is 5.92 Å². The SMILES string of the molecule is [2H]C([2H])([2H])NC(=O)c1nnc(NC(=O)C2CC2)cc1Nc1cccc(-c2ncn(C(C)(C)C(F)(F)F)n2)c1OC. The van der Waals surface area contributed by atoms with Crippen LogP contribution < -0.4 is 20.7 Å². The smallest absolute Gasteiger partial charge is 0.413 e. The second-order valence-electron chi connectivity index (χ2n) is 8.79. The number of para-hydroxylation sites is 1. The second-order valence-corrected chi connectivity index (χ2v) is 8.79. The Hall–Kier alpha value is -4.23. The van der Waals surface area contributed by atoms with Gasteiger partial charge >= 0.3 is 6.18 Å². The molecule has 0 atom stereocenters. The first kappa shape index (κ1) is 22.0. The number of ether oxygens (including phenoxy) is 1. The molecule has 2 heterocycles. The summed E-state index contributed by atoms with van der Waals surface area (Å²) in [5, 5.41) is 19.0. The quantitative estimate of drug-likeness (QED) is 0.410. The number of benzene rings is 1. The third-order valence-corrected chi connectivity index (χ3v) is 5.81. The summed E-state index contributed by atoms with van der Waals surface area (Å²) in [5.41, 5.74) is -2.34. The summed E-state index contributed by atoms with van der Waals surface area (Å²) in [4.78, 5) is 29.0. The number of amides is 2. The van der Waals surface area contributed by atoms with Crippen LogP contribution in [0.1, 0.15) is 41.3 Å². The average molecular weight is 522 g/mol. The van der Waals surface area contributed by atoms with E-state index in [1.165, 1.54) is 25.3 Å². The molecule has 1 fully saturated rings. The van der Waals surface area contributed by atoms with Crippen LogP contribution in [0.2, 0.25) is 0 Å². The lowest BCUT2D eigenvalue weighted by Gasteiger charge is -2.27. The number of hydrogen-bond acceptors (Lipinski definition) is 8. The Morgan fingerprint density at radius 2 is 1.95 bits per heavy atom. The maximum absolute atomic E-state index is 13.5. The Labute approximate surface area is 214 Å². The predicted octanol–water partition coefficient (Wildman–Crippen LogP) is 3.49. The minimum Gasteiger partial charge on any atom is -0.494 e. The number of methoxy groups -OCH3 is 1. The van der Waals surface area contributed by atoms with Crippen molar-refractivity contribution < 1.29 is 31.6 Å². The molecule has 0 bridgehead atoms. The van der Waals surface area contributed by atoms with E-state index >= 15 is 0 Å². The number of hydrogen-bond donors (Lipinski definition) is 3. The Morgan fingerprint density at radius 3 is 2.59 bits per heavy atom. The summed E-state index contributed by atoms with van der Waals surface area (Å²) in [6, 6.07) is 5.90. The number of nitrogens with one attached hydrogen (secondary N) is 3. The highest BCUT2D eigenvalue weighted by Crippen LogP contribution is 2.39. The van der Waals surface area contributed by atoms with Crippen molar-refractivity contribution in [3.63, 3.8) is 0 Å². The van der Waals surface area contributed by atoms with Crippen LogP contribution in [-0.4, -0.2) is 57.0 Å². The summed E-state index contributed by atoms with van der Waals surface area (Å²) in [6.45, 7) is -0.897. The first-order valence-electron chi connectivity index (χ1n) is 12.5. The van der Waals surface area contributed by atoms with Gasteiger partial charge in [-0.15, -0.1) is 15.3 Å². The highest BCUT2D eigenvalue weighted by atomic mass is 19.4. The summed E-state index contributed by atoms with van der Waals surface area (Å²) < 4.78 is 68.8. The molecule has 2 amide bonds. The fourth-order valence-corrected chi connectivity index (χ4v) is 3.31. The van der Waals surface area contributed by atoms with E-state index in [2.05, 4.69) is 30.9 Å². The summed E-state index contributed by atoms with van der Waals surface area (Å²) in [7, 11) is 1.31. The topological polar surface area (TPSA) is 136 Å². The van der Waals surface area contributed by atoms with Gasteiger partial charge in [0.2, 0.25) is 5.91 Å². The molecular weight excluding hydrogens is 493 g/mol. The molecule has 11 nitrogen and oxygen atoms in total. The van der Waals surface area contributed by atoms with Gasteiger partial charge in [-0.25, -0.2) is 9.67 Å².